The van der Waals surface area contributed by atoms with Gasteiger partial charge in [-0.15, -0.1) is 0 Å². The van der Waals surface area contributed by atoms with E-state index in [1.807, 2.05) is 0 Å². The minimum atomic E-state index is -0.539. The van der Waals surface area contributed by atoms with Gasteiger partial charge in [0.1, 0.15) is 6.04 Å². The smallest absolute Gasteiger partial charge is 0.241 e. The summed E-state index contributed by atoms with van der Waals surface area (Å²) in [5, 5.41) is 5.38. The topological polar surface area (TPSA) is 76.4 Å². The molecule has 17 heavy (non-hydrogen) atoms. The number of methoxy groups -OCH3 is 1. The van der Waals surface area contributed by atoms with Gasteiger partial charge in [-0.25, -0.2) is 4.39 Å². The molecule has 0 radical (unpaired) electrons. The Hall–Kier alpha value is -1.98. The quantitative estimate of drug-likeness (QED) is 0.686. The molecule has 1 aromatic carbocycles. The van der Waals surface area contributed by atoms with Gasteiger partial charge in [0.25, 0.3) is 0 Å². The fraction of sp³-hybridized carbons (Fsp3) is 0.364. The van der Waals surface area contributed by atoms with Crippen molar-refractivity contribution < 1.29 is 13.9 Å². The Labute approximate surface area is 99.1 Å². The zero-order valence-corrected chi connectivity index (χ0v) is 10.0. The van der Waals surface area contributed by atoms with Crippen LogP contribution in [0.3, 0.4) is 0 Å². The lowest BCUT2D eigenvalue weighted by Gasteiger charge is -2.16. The third-order valence-electron chi connectivity index (χ3n) is 2.34. The number of carbonyl (C=O) groups excluding carboxylic acids is 1. The predicted molar refractivity (Wildman–Crippen MR) is 64.5 cm³/mol. The molecule has 0 saturated carbocycles. The monoisotopic (exact) mass is 241 g/mol. The summed E-state index contributed by atoms with van der Waals surface area (Å²) in [6.07, 6.45) is 0. The molecule has 1 amide bonds. The maximum atomic E-state index is 13.3. The average molecular weight is 241 g/mol. The van der Waals surface area contributed by atoms with E-state index < -0.39 is 11.9 Å². The van der Waals surface area contributed by atoms with Gasteiger partial charge in [0.2, 0.25) is 5.91 Å². The summed E-state index contributed by atoms with van der Waals surface area (Å²) in [5.74, 6) is -0.651. The summed E-state index contributed by atoms with van der Waals surface area (Å²) in [7, 11) is 2.90. The van der Waals surface area contributed by atoms with Gasteiger partial charge in [0.05, 0.1) is 18.5 Å². The van der Waals surface area contributed by atoms with E-state index in [9.17, 15) is 9.18 Å². The molecule has 0 fully saturated rings. The highest BCUT2D eigenvalue weighted by molar-refractivity contribution is 5.85. The molecule has 0 saturated heterocycles. The average Bonchev–Trinajstić information content (AvgIpc) is 2.31. The summed E-state index contributed by atoms with van der Waals surface area (Å²) in [4.78, 5) is 11.3. The number of carbonyl (C=O) groups is 1. The van der Waals surface area contributed by atoms with Crippen molar-refractivity contribution in [1.82, 2.24) is 5.32 Å². The highest BCUT2D eigenvalue weighted by Crippen LogP contribution is 2.28. The first-order chi connectivity index (χ1) is 7.99. The van der Waals surface area contributed by atoms with Crippen molar-refractivity contribution in [3.8, 4) is 5.75 Å². The Balaban J connectivity index is 2.94. The standard InChI is InChI=1S/C11H16FN3O2/c1-6(11(16)14-2)15-9-5-10(17-3)7(12)4-8(9)13/h4-6,15H,13H2,1-3H3,(H,14,16). The van der Waals surface area contributed by atoms with Crippen molar-refractivity contribution in [2.24, 2.45) is 0 Å². The van der Waals surface area contributed by atoms with Gasteiger partial charge in [-0.1, -0.05) is 0 Å². The number of halogens is 1. The maximum absolute atomic E-state index is 13.3. The molecule has 1 unspecified atom stereocenters. The second-order valence-corrected chi connectivity index (χ2v) is 3.55. The van der Waals surface area contributed by atoms with Crippen LogP contribution in [-0.4, -0.2) is 26.1 Å². The molecule has 1 rings (SSSR count). The van der Waals surface area contributed by atoms with E-state index in [1.165, 1.54) is 20.2 Å². The lowest BCUT2D eigenvalue weighted by molar-refractivity contribution is -0.121. The number of nitrogen functional groups attached to an aromatic ring is 1. The zero-order chi connectivity index (χ0) is 13.0. The van der Waals surface area contributed by atoms with E-state index in [-0.39, 0.29) is 17.3 Å². The molecule has 0 bridgehead atoms. The molecule has 5 nitrogen and oxygen atoms in total. The van der Waals surface area contributed by atoms with Crippen LogP contribution in [0.15, 0.2) is 12.1 Å². The first-order valence-electron chi connectivity index (χ1n) is 5.10. The number of nitrogens with one attached hydrogen (secondary N) is 2. The van der Waals surface area contributed by atoms with Crippen LogP contribution in [0.4, 0.5) is 15.8 Å². The predicted octanol–water partition coefficient (Wildman–Crippen LogP) is 0.963. The number of amides is 1. The Kier molecular flexibility index (Phi) is 4.14. The fourth-order valence-electron chi connectivity index (χ4n) is 1.37. The van der Waals surface area contributed by atoms with Gasteiger partial charge in [-0.3, -0.25) is 4.79 Å². The Bertz CT molecular complexity index is 423. The fourth-order valence-corrected chi connectivity index (χ4v) is 1.37. The van der Waals surface area contributed by atoms with Crippen LogP contribution in [0.25, 0.3) is 0 Å². The molecular weight excluding hydrogens is 225 g/mol. The number of hydrogen-bond donors (Lipinski definition) is 3. The van der Waals surface area contributed by atoms with E-state index in [0.717, 1.165) is 6.07 Å². The SMILES string of the molecule is CNC(=O)C(C)Nc1cc(OC)c(F)cc1N. The number of likely N-dealkylation sites (N-methyl/N-ethyl adjacent to an activating group) is 1. The molecule has 0 aliphatic carbocycles. The Morgan fingerprint density at radius 2 is 2.18 bits per heavy atom. The van der Waals surface area contributed by atoms with Crippen molar-refractivity contribution in [3.63, 3.8) is 0 Å². The first kappa shape index (κ1) is 13.1. The van der Waals surface area contributed by atoms with Crippen molar-refractivity contribution >= 4 is 17.3 Å². The summed E-state index contributed by atoms with van der Waals surface area (Å²) >= 11 is 0. The normalized spacial score (nSPS) is 11.8. The van der Waals surface area contributed by atoms with E-state index in [0.29, 0.717) is 5.69 Å². The van der Waals surface area contributed by atoms with Crippen LogP contribution in [0.1, 0.15) is 6.92 Å². The minimum Gasteiger partial charge on any atom is -0.494 e. The number of hydrogen-bond acceptors (Lipinski definition) is 4. The van der Waals surface area contributed by atoms with Crippen molar-refractivity contribution in [2.75, 3.05) is 25.2 Å². The van der Waals surface area contributed by atoms with Gasteiger partial charge in [0, 0.05) is 19.2 Å². The highest BCUT2D eigenvalue weighted by atomic mass is 19.1. The summed E-state index contributed by atoms with van der Waals surface area (Å²) in [6, 6.07) is 2.10. The summed E-state index contributed by atoms with van der Waals surface area (Å²) in [5.41, 5.74) is 6.32. The van der Waals surface area contributed by atoms with Crippen LogP contribution in [0.2, 0.25) is 0 Å². The van der Waals surface area contributed by atoms with Gasteiger partial charge in [-0.05, 0) is 6.92 Å². The maximum Gasteiger partial charge on any atom is 0.241 e. The lowest BCUT2D eigenvalue weighted by atomic mass is 10.2. The second kappa shape index (κ2) is 5.38. The van der Waals surface area contributed by atoms with Gasteiger partial charge >= 0.3 is 0 Å². The summed E-state index contributed by atoms with van der Waals surface area (Å²) < 4.78 is 18.1. The second-order valence-electron chi connectivity index (χ2n) is 3.55. The van der Waals surface area contributed by atoms with Crippen molar-refractivity contribution in [2.45, 2.75) is 13.0 Å². The van der Waals surface area contributed by atoms with Crippen LogP contribution in [0.5, 0.6) is 5.75 Å². The number of ether oxygens (including phenoxy) is 1. The van der Waals surface area contributed by atoms with Gasteiger partial charge in [0.15, 0.2) is 11.6 Å². The third-order valence-corrected chi connectivity index (χ3v) is 2.34. The largest absolute Gasteiger partial charge is 0.494 e. The molecule has 0 aromatic heterocycles. The molecule has 94 valence electrons. The molecular formula is C11H16FN3O2. The van der Waals surface area contributed by atoms with E-state index in [4.69, 9.17) is 10.5 Å². The molecule has 6 heteroatoms. The molecule has 1 atom stereocenters. The first-order valence-corrected chi connectivity index (χ1v) is 5.10. The molecule has 0 aliphatic heterocycles. The number of rotatable bonds is 4. The number of benzene rings is 1. The van der Waals surface area contributed by atoms with E-state index in [2.05, 4.69) is 10.6 Å². The number of nitrogens with two attached hydrogens (primary N) is 1. The van der Waals surface area contributed by atoms with Crippen molar-refractivity contribution in [3.05, 3.63) is 17.9 Å². The zero-order valence-electron chi connectivity index (χ0n) is 10.0. The van der Waals surface area contributed by atoms with E-state index >= 15 is 0 Å². The van der Waals surface area contributed by atoms with Gasteiger partial charge in [-0.2, -0.15) is 0 Å². The van der Waals surface area contributed by atoms with Crippen LogP contribution < -0.4 is 21.1 Å². The minimum absolute atomic E-state index is 0.0748. The molecule has 0 aliphatic rings. The Morgan fingerprint density at radius 3 is 2.71 bits per heavy atom. The van der Waals surface area contributed by atoms with Crippen LogP contribution >= 0.6 is 0 Å². The van der Waals surface area contributed by atoms with Crippen molar-refractivity contribution in [1.29, 1.82) is 0 Å². The Morgan fingerprint density at radius 1 is 1.53 bits per heavy atom. The number of anilines is 2. The molecule has 0 spiro atoms. The summed E-state index contributed by atoms with van der Waals surface area (Å²) in [6.45, 7) is 1.67. The molecule has 4 N–H and O–H groups in total. The van der Waals surface area contributed by atoms with Crippen LogP contribution in [0, 0.1) is 5.82 Å². The molecule has 0 heterocycles. The van der Waals surface area contributed by atoms with Gasteiger partial charge < -0.3 is 21.1 Å². The third kappa shape index (κ3) is 2.99. The van der Waals surface area contributed by atoms with E-state index in [1.54, 1.807) is 6.92 Å². The molecule has 1 aromatic rings. The highest BCUT2D eigenvalue weighted by Gasteiger charge is 2.14. The van der Waals surface area contributed by atoms with Crippen LogP contribution in [-0.2, 0) is 4.79 Å². The lowest BCUT2D eigenvalue weighted by Crippen LogP contribution is -2.35.